The van der Waals surface area contributed by atoms with Gasteiger partial charge in [0.15, 0.2) is 5.82 Å². The molecule has 2 N–H and O–H groups in total. The third kappa shape index (κ3) is 4.93. The predicted octanol–water partition coefficient (Wildman–Crippen LogP) is 2.14. The molecule has 0 bridgehead atoms. The lowest BCUT2D eigenvalue weighted by Crippen LogP contribution is -2.36. The van der Waals surface area contributed by atoms with Gasteiger partial charge in [0.1, 0.15) is 11.6 Å². The van der Waals surface area contributed by atoms with Gasteiger partial charge >= 0.3 is 6.01 Å². The lowest BCUT2D eigenvalue weighted by molar-refractivity contribution is 0.122. The third-order valence-electron chi connectivity index (χ3n) is 4.77. The van der Waals surface area contributed by atoms with E-state index in [0.717, 1.165) is 36.5 Å². The lowest BCUT2D eigenvalue weighted by atomic mass is 10.1. The molecule has 1 aliphatic rings. The molecule has 0 amide bonds. The van der Waals surface area contributed by atoms with Crippen LogP contribution in [0.4, 0.5) is 11.8 Å². The molecule has 0 spiro atoms. The molecule has 0 saturated carbocycles. The number of ether oxygens (including phenoxy) is 2. The van der Waals surface area contributed by atoms with Crippen molar-refractivity contribution in [2.24, 2.45) is 0 Å². The third-order valence-corrected chi connectivity index (χ3v) is 4.77. The van der Waals surface area contributed by atoms with Gasteiger partial charge in [-0.1, -0.05) is 12.1 Å². The highest BCUT2D eigenvalue weighted by atomic mass is 16.5. The van der Waals surface area contributed by atoms with Crippen molar-refractivity contribution < 1.29 is 14.6 Å². The van der Waals surface area contributed by atoms with Gasteiger partial charge in [0.25, 0.3) is 0 Å². The van der Waals surface area contributed by atoms with Gasteiger partial charge in [-0.25, -0.2) is 4.98 Å². The zero-order valence-corrected chi connectivity index (χ0v) is 16.8. The summed E-state index contributed by atoms with van der Waals surface area (Å²) in [4.78, 5) is 19.9. The van der Waals surface area contributed by atoms with Crippen molar-refractivity contribution in [3.8, 4) is 23.1 Å². The SMILES string of the molecule is COc1nc(NCCc2ccc(O)cc2)nc(-c2ccc(N3CCOCC3)nc2)n1. The smallest absolute Gasteiger partial charge is 0.321 e. The molecule has 156 valence electrons. The number of nitrogens with zero attached hydrogens (tertiary/aromatic N) is 5. The van der Waals surface area contributed by atoms with Gasteiger partial charge in [-0.15, -0.1) is 0 Å². The second kappa shape index (κ2) is 9.36. The van der Waals surface area contributed by atoms with Gasteiger partial charge < -0.3 is 24.8 Å². The first-order valence-corrected chi connectivity index (χ1v) is 9.82. The second-order valence-corrected chi connectivity index (χ2v) is 6.82. The van der Waals surface area contributed by atoms with E-state index in [1.54, 1.807) is 18.3 Å². The Morgan fingerprint density at radius 2 is 1.87 bits per heavy atom. The van der Waals surface area contributed by atoms with E-state index in [2.05, 4.69) is 30.2 Å². The molecule has 0 unspecified atom stereocenters. The number of methoxy groups -OCH3 is 1. The number of nitrogens with one attached hydrogen (secondary N) is 1. The Hall–Kier alpha value is -3.46. The Labute approximate surface area is 174 Å². The number of benzene rings is 1. The number of aromatic hydroxyl groups is 1. The summed E-state index contributed by atoms with van der Waals surface area (Å²) in [5.41, 5.74) is 1.89. The molecular weight excluding hydrogens is 384 g/mol. The molecule has 4 rings (SSSR count). The number of anilines is 2. The summed E-state index contributed by atoms with van der Waals surface area (Å²) in [5, 5.41) is 12.6. The molecule has 1 aromatic carbocycles. The Morgan fingerprint density at radius 1 is 1.07 bits per heavy atom. The largest absolute Gasteiger partial charge is 0.508 e. The summed E-state index contributed by atoms with van der Waals surface area (Å²) < 4.78 is 10.6. The van der Waals surface area contributed by atoms with E-state index < -0.39 is 0 Å². The van der Waals surface area contributed by atoms with E-state index in [1.165, 1.54) is 7.11 Å². The van der Waals surface area contributed by atoms with Crippen molar-refractivity contribution in [1.29, 1.82) is 0 Å². The van der Waals surface area contributed by atoms with Crippen LogP contribution in [0.5, 0.6) is 11.8 Å². The van der Waals surface area contributed by atoms with Crippen LogP contribution in [-0.4, -0.2) is 65.0 Å². The van der Waals surface area contributed by atoms with Crippen molar-refractivity contribution in [3.05, 3.63) is 48.2 Å². The minimum atomic E-state index is 0.240. The van der Waals surface area contributed by atoms with Gasteiger partial charge in [-0.05, 0) is 36.2 Å². The molecule has 1 aliphatic heterocycles. The fraction of sp³-hybridized carbons (Fsp3) is 0.333. The average Bonchev–Trinajstić information content (AvgIpc) is 2.81. The number of aromatic nitrogens is 4. The minimum absolute atomic E-state index is 0.240. The Kier molecular flexibility index (Phi) is 6.19. The number of phenolic OH excluding ortho intramolecular Hbond substituents is 1. The minimum Gasteiger partial charge on any atom is -0.508 e. The Bertz CT molecular complexity index is 959. The summed E-state index contributed by atoms with van der Waals surface area (Å²) in [5.74, 6) is 2.10. The first-order chi connectivity index (χ1) is 14.7. The molecule has 9 heteroatoms. The maximum atomic E-state index is 9.38. The summed E-state index contributed by atoms with van der Waals surface area (Å²) >= 11 is 0. The number of hydrogen-bond acceptors (Lipinski definition) is 9. The molecule has 0 radical (unpaired) electrons. The van der Waals surface area contributed by atoms with E-state index in [0.29, 0.717) is 31.5 Å². The zero-order valence-electron chi connectivity index (χ0n) is 16.8. The van der Waals surface area contributed by atoms with E-state index in [4.69, 9.17) is 9.47 Å². The van der Waals surface area contributed by atoms with Crippen LogP contribution in [0.15, 0.2) is 42.6 Å². The van der Waals surface area contributed by atoms with Gasteiger partial charge in [-0.3, -0.25) is 0 Å². The topological polar surface area (TPSA) is 106 Å². The van der Waals surface area contributed by atoms with Crippen LogP contribution >= 0.6 is 0 Å². The van der Waals surface area contributed by atoms with E-state index in [1.807, 2.05) is 24.3 Å². The highest BCUT2D eigenvalue weighted by Gasteiger charge is 2.14. The van der Waals surface area contributed by atoms with Gasteiger partial charge in [0, 0.05) is 31.4 Å². The maximum Gasteiger partial charge on any atom is 0.321 e. The van der Waals surface area contributed by atoms with Crippen molar-refractivity contribution in [3.63, 3.8) is 0 Å². The highest BCUT2D eigenvalue weighted by Crippen LogP contribution is 2.21. The number of rotatable bonds is 7. The van der Waals surface area contributed by atoms with Crippen LogP contribution < -0.4 is 15.0 Å². The van der Waals surface area contributed by atoms with Crippen LogP contribution in [-0.2, 0) is 11.2 Å². The standard InChI is InChI=1S/C21H24N6O3/c1-29-21-25-19(16-4-7-18(23-14-16)27-10-12-30-13-11-27)24-20(26-21)22-9-8-15-2-5-17(28)6-3-15/h2-7,14,28H,8-13H2,1H3,(H,22,24,25,26). The van der Waals surface area contributed by atoms with Crippen molar-refractivity contribution >= 4 is 11.8 Å². The highest BCUT2D eigenvalue weighted by molar-refractivity contribution is 5.58. The maximum absolute atomic E-state index is 9.38. The molecule has 0 atom stereocenters. The van der Waals surface area contributed by atoms with Crippen molar-refractivity contribution in [1.82, 2.24) is 19.9 Å². The zero-order chi connectivity index (χ0) is 20.8. The fourth-order valence-electron chi connectivity index (χ4n) is 3.14. The average molecular weight is 408 g/mol. The van der Waals surface area contributed by atoms with Gasteiger partial charge in [0.05, 0.1) is 20.3 Å². The predicted molar refractivity (Wildman–Crippen MR) is 113 cm³/mol. The molecule has 1 fully saturated rings. The summed E-state index contributed by atoms with van der Waals surface area (Å²) in [6, 6.07) is 11.3. The van der Waals surface area contributed by atoms with Crippen molar-refractivity contribution in [2.45, 2.75) is 6.42 Å². The normalized spacial score (nSPS) is 13.8. The molecule has 1 saturated heterocycles. The molecule has 30 heavy (non-hydrogen) atoms. The lowest BCUT2D eigenvalue weighted by Gasteiger charge is -2.27. The van der Waals surface area contributed by atoms with E-state index in [-0.39, 0.29) is 11.8 Å². The van der Waals surface area contributed by atoms with Crippen LogP contribution in [0.2, 0.25) is 0 Å². The summed E-state index contributed by atoms with van der Waals surface area (Å²) in [6.07, 6.45) is 2.53. The van der Waals surface area contributed by atoms with E-state index >= 15 is 0 Å². The molecular formula is C21H24N6O3. The van der Waals surface area contributed by atoms with E-state index in [9.17, 15) is 5.11 Å². The molecule has 3 aromatic rings. The summed E-state index contributed by atoms with van der Waals surface area (Å²) in [7, 11) is 1.53. The second-order valence-electron chi connectivity index (χ2n) is 6.82. The molecule has 3 heterocycles. The van der Waals surface area contributed by atoms with Crippen molar-refractivity contribution in [2.75, 3.05) is 50.2 Å². The Balaban J connectivity index is 1.45. The number of hydrogen-bond donors (Lipinski definition) is 2. The number of morpholine rings is 1. The van der Waals surface area contributed by atoms with Crippen LogP contribution in [0, 0.1) is 0 Å². The van der Waals surface area contributed by atoms with Gasteiger partial charge in [-0.2, -0.15) is 15.0 Å². The number of phenols is 1. The van der Waals surface area contributed by atoms with Crippen LogP contribution in [0.25, 0.3) is 11.4 Å². The number of pyridine rings is 1. The Morgan fingerprint density at radius 3 is 2.57 bits per heavy atom. The first kappa shape index (κ1) is 19.8. The monoisotopic (exact) mass is 408 g/mol. The molecule has 2 aromatic heterocycles. The molecule has 9 nitrogen and oxygen atoms in total. The summed E-state index contributed by atoms with van der Waals surface area (Å²) in [6.45, 7) is 3.73. The van der Waals surface area contributed by atoms with Gasteiger partial charge in [0.2, 0.25) is 5.95 Å². The van der Waals surface area contributed by atoms with Crippen LogP contribution in [0.3, 0.4) is 0 Å². The fourth-order valence-corrected chi connectivity index (χ4v) is 3.14. The molecule has 0 aliphatic carbocycles. The van der Waals surface area contributed by atoms with Crippen LogP contribution in [0.1, 0.15) is 5.56 Å². The first-order valence-electron chi connectivity index (χ1n) is 9.82. The quantitative estimate of drug-likeness (QED) is 0.608.